The highest BCUT2D eigenvalue weighted by Crippen LogP contribution is 2.28. The molecule has 1 atom stereocenters. The molecule has 168 valence electrons. The molecule has 1 unspecified atom stereocenters. The van der Waals surface area contributed by atoms with Gasteiger partial charge in [-0.3, -0.25) is 9.89 Å². The summed E-state index contributed by atoms with van der Waals surface area (Å²) < 4.78 is 19.2. The number of carbonyl (C=O) groups excluding carboxylic acids is 1. The number of likely N-dealkylation sites (tertiary alicyclic amines) is 1. The number of benzene rings is 2. The normalized spacial score (nSPS) is 16.2. The van der Waals surface area contributed by atoms with Crippen LogP contribution in [-0.4, -0.2) is 39.1 Å². The molecule has 1 saturated heterocycles. The molecule has 1 amide bonds. The number of piperidine rings is 1. The number of aromatic amines is 1. The van der Waals surface area contributed by atoms with Crippen molar-refractivity contribution >= 4 is 17.5 Å². The zero-order valence-corrected chi connectivity index (χ0v) is 18.6. The second-order valence-electron chi connectivity index (χ2n) is 8.24. The van der Waals surface area contributed by atoms with Gasteiger partial charge >= 0.3 is 0 Å². The fourth-order valence-corrected chi connectivity index (χ4v) is 4.39. The molecule has 2 aromatic carbocycles. The van der Waals surface area contributed by atoms with E-state index in [0.717, 1.165) is 29.7 Å². The first-order valence-electron chi connectivity index (χ1n) is 10.8. The van der Waals surface area contributed by atoms with Crippen LogP contribution in [0, 0.1) is 5.82 Å². The molecular formula is C25H22ClFN4O2. The summed E-state index contributed by atoms with van der Waals surface area (Å²) >= 11 is 6.07. The Morgan fingerprint density at radius 3 is 2.88 bits per heavy atom. The standard InChI is InChI=1S/C25H22ClFN4O2/c26-19-5-1-3-16(11-19)12-21-14-28-24(33-21)18-4-2-10-31(15-18)25(32)23-13-22(29-30-23)17-6-8-20(27)9-7-17/h1,3,5-9,11,13-14,18H,2,4,10,12,15H2,(H,29,30). The Balaban J connectivity index is 1.26. The van der Waals surface area contributed by atoms with Gasteiger partial charge < -0.3 is 9.32 Å². The maximum absolute atomic E-state index is 13.2. The SMILES string of the molecule is O=C(c1cc(-c2ccc(F)cc2)n[nH]1)N1CCCC(c2ncc(Cc3cccc(Cl)c3)o2)C1. The molecule has 6 nitrogen and oxygen atoms in total. The molecule has 1 aliphatic heterocycles. The van der Waals surface area contributed by atoms with Crippen LogP contribution in [0.2, 0.25) is 5.02 Å². The number of H-pyrrole nitrogens is 1. The predicted octanol–water partition coefficient (Wildman–Crippen LogP) is 5.47. The first-order chi connectivity index (χ1) is 16.0. The van der Waals surface area contributed by atoms with Crippen molar-refractivity contribution in [2.75, 3.05) is 13.1 Å². The molecule has 0 bridgehead atoms. The molecule has 33 heavy (non-hydrogen) atoms. The molecule has 1 aliphatic rings. The molecule has 0 spiro atoms. The molecule has 1 fully saturated rings. The number of aromatic nitrogens is 3. The van der Waals surface area contributed by atoms with Gasteiger partial charge in [0.1, 0.15) is 17.3 Å². The van der Waals surface area contributed by atoms with Crippen molar-refractivity contribution in [1.82, 2.24) is 20.1 Å². The smallest absolute Gasteiger partial charge is 0.271 e. The number of halogens is 2. The van der Waals surface area contributed by atoms with E-state index in [1.165, 1.54) is 12.1 Å². The van der Waals surface area contributed by atoms with E-state index in [1.807, 2.05) is 24.3 Å². The fourth-order valence-electron chi connectivity index (χ4n) is 4.17. The van der Waals surface area contributed by atoms with Crippen LogP contribution in [0.15, 0.2) is 65.2 Å². The van der Waals surface area contributed by atoms with Crippen molar-refractivity contribution in [3.8, 4) is 11.3 Å². The maximum atomic E-state index is 13.2. The van der Waals surface area contributed by atoms with E-state index in [1.54, 1.807) is 29.3 Å². The summed E-state index contributed by atoms with van der Waals surface area (Å²) in [6, 6.07) is 15.4. The van der Waals surface area contributed by atoms with Crippen LogP contribution in [0.25, 0.3) is 11.3 Å². The summed E-state index contributed by atoms with van der Waals surface area (Å²) in [6.45, 7) is 1.19. The highest BCUT2D eigenvalue weighted by Gasteiger charge is 2.29. The first kappa shape index (κ1) is 21.4. The van der Waals surface area contributed by atoms with E-state index in [2.05, 4.69) is 15.2 Å². The molecule has 0 saturated carbocycles. The zero-order chi connectivity index (χ0) is 22.8. The highest BCUT2D eigenvalue weighted by atomic mass is 35.5. The largest absolute Gasteiger partial charge is 0.445 e. The van der Waals surface area contributed by atoms with Gasteiger partial charge in [0.15, 0.2) is 5.89 Å². The van der Waals surface area contributed by atoms with Crippen molar-refractivity contribution in [2.24, 2.45) is 0 Å². The lowest BCUT2D eigenvalue weighted by Crippen LogP contribution is -2.39. The molecule has 4 aromatic rings. The van der Waals surface area contributed by atoms with Crippen molar-refractivity contribution in [3.05, 3.63) is 94.5 Å². The molecule has 0 aliphatic carbocycles. The minimum Gasteiger partial charge on any atom is -0.445 e. The van der Waals surface area contributed by atoms with Crippen molar-refractivity contribution in [3.63, 3.8) is 0 Å². The van der Waals surface area contributed by atoms with Crippen LogP contribution in [-0.2, 0) is 6.42 Å². The third-order valence-corrected chi connectivity index (χ3v) is 6.08. The summed E-state index contributed by atoms with van der Waals surface area (Å²) in [4.78, 5) is 19.4. The Kier molecular flexibility index (Phi) is 5.96. The van der Waals surface area contributed by atoms with Crippen LogP contribution in [0.5, 0.6) is 0 Å². The average Bonchev–Trinajstić information content (AvgIpc) is 3.50. The van der Waals surface area contributed by atoms with Gasteiger partial charge in [0.05, 0.1) is 17.8 Å². The number of amides is 1. The van der Waals surface area contributed by atoms with E-state index in [-0.39, 0.29) is 17.6 Å². The molecule has 1 N–H and O–H groups in total. The second-order valence-corrected chi connectivity index (χ2v) is 8.67. The summed E-state index contributed by atoms with van der Waals surface area (Å²) in [5.41, 5.74) is 2.81. The van der Waals surface area contributed by atoms with Gasteiger partial charge in [0.25, 0.3) is 5.91 Å². The molecular weight excluding hydrogens is 443 g/mol. The number of hydrogen-bond donors (Lipinski definition) is 1. The lowest BCUT2D eigenvalue weighted by Gasteiger charge is -2.30. The van der Waals surface area contributed by atoms with Crippen LogP contribution in [0.4, 0.5) is 4.39 Å². The molecule has 2 aromatic heterocycles. The Labute approximate surface area is 195 Å². The molecule has 3 heterocycles. The Bertz CT molecular complexity index is 1270. The Hall–Kier alpha value is -3.45. The van der Waals surface area contributed by atoms with Gasteiger partial charge in [-0.05, 0) is 60.9 Å². The first-order valence-corrected chi connectivity index (χ1v) is 11.2. The zero-order valence-electron chi connectivity index (χ0n) is 17.8. The van der Waals surface area contributed by atoms with Crippen LogP contribution in [0.1, 0.15) is 46.5 Å². The minimum atomic E-state index is -0.313. The molecule has 0 radical (unpaired) electrons. The van der Waals surface area contributed by atoms with Gasteiger partial charge in [0.2, 0.25) is 0 Å². The number of nitrogens with zero attached hydrogens (tertiary/aromatic N) is 3. The lowest BCUT2D eigenvalue weighted by molar-refractivity contribution is 0.0692. The Morgan fingerprint density at radius 2 is 2.06 bits per heavy atom. The van der Waals surface area contributed by atoms with Gasteiger partial charge in [-0.25, -0.2) is 9.37 Å². The molecule has 5 rings (SSSR count). The van der Waals surface area contributed by atoms with E-state index in [4.69, 9.17) is 16.0 Å². The fraction of sp³-hybridized carbons (Fsp3) is 0.240. The average molecular weight is 465 g/mol. The summed E-state index contributed by atoms with van der Waals surface area (Å²) in [7, 11) is 0. The van der Waals surface area contributed by atoms with Crippen molar-refractivity contribution in [2.45, 2.75) is 25.2 Å². The van der Waals surface area contributed by atoms with Gasteiger partial charge in [0, 0.05) is 30.1 Å². The van der Waals surface area contributed by atoms with E-state index in [0.29, 0.717) is 41.8 Å². The third kappa shape index (κ3) is 4.83. The van der Waals surface area contributed by atoms with E-state index in [9.17, 15) is 9.18 Å². The quantitative estimate of drug-likeness (QED) is 0.425. The van der Waals surface area contributed by atoms with Gasteiger partial charge in [-0.1, -0.05) is 23.7 Å². The lowest BCUT2D eigenvalue weighted by atomic mass is 9.97. The molecule has 8 heteroatoms. The number of hydrogen-bond acceptors (Lipinski definition) is 4. The van der Waals surface area contributed by atoms with Gasteiger partial charge in [-0.15, -0.1) is 0 Å². The number of oxazole rings is 1. The van der Waals surface area contributed by atoms with Crippen molar-refractivity contribution < 1.29 is 13.6 Å². The highest BCUT2D eigenvalue weighted by molar-refractivity contribution is 6.30. The minimum absolute atomic E-state index is 0.0373. The van der Waals surface area contributed by atoms with Crippen LogP contribution < -0.4 is 0 Å². The number of carbonyl (C=O) groups is 1. The summed E-state index contributed by atoms with van der Waals surface area (Å²) in [5.74, 6) is 1.03. The van der Waals surface area contributed by atoms with Crippen LogP contribution in [0.3, 0.4) is 0 Å². The predicted molar refractivity (Wildman–Crippen MR) is 123 cm³/mol. The Morgan fingerprint density at radius 1 is 1.21 bits per heavy atom. The second kappa shape index (κ2) is 9.19. The van der Waals surface area contributed by atoms with Crippen molar-refractivity contribution in [1.29, 1.82) is 0 Å². The topological polar surface area (TPSA) is 75.0 Å². The third-order valence-electron chi connectivity index (χ3n) is 5.84. The monoisotopic (exact) mass is 464 g/mol. The number of rotatable bonds is 5. The maximum Gasteiger partial charge on any atom is 0.271 e. The van der Waals surface area contributed by atoms with Gasteiger partial charge in [-0.2, -0.15) is 5.10 Å². The van der Waals surface area contributed by atoms with E-state index < -0.39 is 0 Å². The summed E-state index contributed by atoms with van der Waals surface area (Å²) in [6.07, 6.45) is 4.14. The number of nitrogens with one attached hydrogen (secondary N) is 1. The summed E-state index contributed by atoms with van der Waals surface area (Å²) in [5, 5.41) is 7.73. The van der Waals surface area contributed by atoms with Crippen LogP contribution >= 0.6 is 11.6 Å². The van der Waals surface area contributed by atoms with E-state index >= 15 is 0 Å².